The molecule has 0 saturated heterocycles. The molecule has 0 spiro atoms. The summed E-state index contributed by atoms with van der Waals surface area (Å²) in [4.78, 5) is 5.48. The minimum absolute atomic E-state index is 0.278. The molecule has 0 aliphatic heterocycles. The first-order chi connectivity index (χ1) is 8.72. The van der Waals surface area contributed by atoms with E-state index in [0.29, 0.717) is 5.69 Å². The molecule has 0 amide bonds. The van der Waals surface area contributed by atoms with Gasteiger partial charge in [-0.3, -0.25) is 9.88 Å². The number of halogens is 3. The van der Waals surface area contributed by atoms with E-state index in [1.165, 1.54) is 4.90 Å². The summed E-state index contributed by atoms with van der Waals surface area (Å²) >= 11 is 0. The molecule has 2 N–H and O–H groups in total. The molecule has 1 heterocycles. The van der Waals surface area contributed by atoms with Gasteiger partial charge in [-0.15, -0.1) is 0 Å². The Balaban J connectivity index is 3.07. The topological polar surface area (TPSA) is 42.1 Å². The SMILES string of the molecule is CC(N)C(c1ccccn1)N(CC(F)(F)F)C(C)C. The van der Waals surface area contributed by atoms with E-state index in [2.05, 4.69) is 4.98 Å². The Labute approximate surface area is 111 Å². The monoisotopic (exact) mass is 275 g/mol. The molecule has 3 nitrogen and oxygen atoms in total. The second-order valence-corrected chi connectivity index (χ2v) is 4.94. The van der Waals surface area contributed by atoms with Crippen LogP contribution in [0.4, 0.5) is 13.2 Å². The molecule has 0 aliphatic carbocycles. The standard InChI is InChI=1S/C13H20F3N3/c1-9(2)19(8-13(14,15)16)12(10(3)17)11-6-4-5-7-18-11/h4-7,9-10,12H,8,17H2,1-3H3. The van der Waals surface area contributed by atoms with Crippen molar-refractivity contribution in [1.29, 1.82) is 0 Å². The summed E-state index contributed by atoms with van der Waals surface area (Å²) in [6.07, 6.45) is -2.69. The molecule has 2 unspecified atom stereocenters. The zero-order valence-electron chi connectivity index (χ0n) is 11.4. The van der Waals surface area contributed by atoms with Crippen molar-refractivity contribution in [2.75, 3.05) is 6.54 Å². The average Bonchev–Trinajstić information content (AvgIpc) is 2.27. The van der Waals surface area contributed by atoms with E-state index in [1.807, 2.05) is 0 Å². The lowest BCUT2D eigenvalue weighted by atomic mass is 10.0. The van der Waals surface area contributed by atoms with Crippen LogP contribution in [0.5, 0.6) is 0 Å². The van der Waals surface area contributed by atoms with Gasteiger partial charge < -0.3 is 5.73 Å². The van der Waals surface area contributed by atoms with Gasteiger partial charge in [0, 0.05) is 18.3 Å². The van der Waals surface area contributed by atoms with Gasteiger partial charge in [0.15, 0.2) is 0 Å². The third-order valence-electron chi connectivity index (χ3n) is 2.87. The highest BCUT2D eigenvalue weighted by molar-refractivity contribution is 5.11. The Morgan fingerprint density at radius 3 is 2.26 bits per heavy atom. The van der Waals surface area contributed by atoms with E-state index in [9.17, 15) is 13.2 Å². The quantitative estimate of drug-likeness (QED) is 0.898. The molecule has 6 heteroatoms. The molecule has 108 valence electrons. The lowest BCUT2D eigenvalue weighted by Gasteiger charge is -2.37. The van der Waals surface area contributed by atoms with Crippen LogP contribution < -0.4 is 5.73 Å². The predicted octanol–water partition coefficient (Wildman–Crippen LogP) is 2.74. The first-order valence-electron chi connectivity index (χ1n) is 6.21. The molecule has 1 rings (SSSR count). The van der Waals surface area contributed by atoms with Crippen molar-refractivity contribution in [3.63, 3.8) is 0 Å². The van der Waals surface area contributed by atoms with E-state index >= 15 is 0 Å². The third kappa shape index (κ3) is 4.80. The summed E-state index contributed by atoms with van der Waals surface area (Å²) in [5, 5.41) is 0. The summed E-state index contributed by atoms with van der Waals surface area (Å²) < 4.78 is 38.1. The van der Waals surface area contributed by atoms with Gasteiger partial charge in [0.1, 0.15) is 0 Å². The van der Waals surface area contributed by atoms with Crippen LogP contribution >= 0.6 is 0 Å². The maximum Gasteiger partial charge on any atom is 0.401 e. The minimum atomic E-state index is -4.26. The number of alkyl halides is 3. The van der Waals surface area contributed by atoms with Crippen molar-refractivity contribution in [3.05, 3.63) is 30.1 Å². The molecular formula is C13H20F3N3. The number of hydrogen-bond donors (Lipinski definition) is 1. The summed E-state index contributed by atoms with van der Waals surface area (Å²) in [5.41, 5.74) is 6.44. The van der Waals surface area contributed by atoms with Crippen molar-refractivity contribution >= 4 is 0 Å². The van der Waals surface area contributed by atoms with Gasteiger partial charge in [0.25, 0.3) is 0 Å². The van der Waals surface area contributed by atoms with Crippen LogP contribution in [-0.2, 0) is 0 Å². The smallest absolute Gasteiger partial charge is 0.326 e. The van der Waals surface area contributed by atoms with Gasteiger partial charge >= 0.3 is 6.18 Å². The van der Waals surface area contributed by atoms with E-state index < -0.39 is 24.8 Å². The first-order valence-corrected chi connectivity index (χ1v) is 6.21. The van der Waals surface area contributed by atoms with Gasteiger partial charge in [-0.1, -0.05) is 6.07 Å². The van der Waals surface area contributed by atoms with Crippen molar-refractivity contribution < 1.29 is 13.2 Å². The number of rotatable bonds is 5. The number of hydrogen-bond acceptors (Lipinski definition) is 3. The van der Waals surface area contributed by atoms with Gasteiger partial charge in [0.05, 0.1) is 18.3 Å². The second kappa shape index (κ2) is 6.34. The van der Waals surface area contributed by atoms with Crippen molar-refractivity contribution in [3.8, 4) is 0 Å². The van der Waals surface area contributed by atoms with Crippen LogP contribution in [0, 0.1) is 0 Å². The van der Waals surface area contributed by atoms with Gasteiger partial charge in [-0.2, -0.15) is 13.2 Å². The molecule has 19 heavy (non-hydrogen) atoms. The molecule has 0 aliphatic rings. The lowest BCUT2D eigenvalue weighted by molar-refractivity contribution is -0.156. The van der Waals surface area contributed by atoms with E-state index in [-0.39, 0.29) is 6.04 Å². The molecular weight excluding hydrogens is 255 g/mol. The van der Waals surface area contributed by atoms with Gasteiger partial charge in [-0.05, 0) is 32.9 Å². The van der Waals surface area contributed by atoms with Crippen LogP contribution in [0.25, 0.3) is 0 Å². The summed E-state index contributed by atoms with van der Waals surface area (Å²) in [7, 11) is 0. The highest BCUT2D eigenvalue weighted by Gasteiger charge is 2.37. The second-order valence-electron chi connectivity index (χ2n) is 4.94. The predicted molar refractivity (Wildman–Crippen MR) is 68.5 cm³/mol. The fourth-order valence-electron chi connectivity index (χ4n) is 2.10. The van der Waals surface area contributed by atoms with E-state index in [0.717, 1.165) is 0 Å². The first kappa shape index (κ1) is 15.9. The Kier molecular flexibility index (Phi) is 5.31. The maximum atomic E-state index is 12.7. The van der Waals surface area contributed by atoms with Crippen LogP contribution in [0.2, 0.25) is 0 Å². The zero-order valence-corrected chi connectivity index (χ0v) is 11.4. The minimum Gasteiger partial charge on any atom is -0.326 e. The fraction of sp³-hybridized carbons (Fsp3) is 0.615. The molecule has 0 bridgehead atoms. The van der Waals surface area contributed by atoms with Crippen molar-refractivity contribution in [1.82, 2.24) is 9.88 Å². The summed E-state index contributed by atoms with van der Waals surface area (Å²) in [6, 6.07) is 3.91. The average molecular weight is 275 g/mol. The maximum absolute atomic E-state index is 12.7. The number of aromatic nitrogens is 1. The number of pyridine rings is 1. The molecule has 0 saturated carbocycles. The molecule has 2 atom stereocenters. The van der Waals surface area contributed by atoms with E-state index in [1.54, 1.807) is 45.2 Å². The van der Waals surface area contributed by atoms with Crippen LogP contribution in [0.3, 0.4) is 0 Å². The normalized spacial score (nSPS) is 15.8. The molecule has 0 radical (unpaired) electrons. The summed E-state index contributed by atoms with van der Waals surface area (Å²) in [6.45, 7) is 4.16. The zero-order chi connectivity index (χ0) is 14.6. The van der Waals surface area contributed by atoms with Crippen LogP contribution in [0.1, 0.15) is 32.5 Å². The molecule has 0 fully saturated rings. The van der Waals surface area contributed by atoms with Crippen LogP contribution in [-0.4, -0.2) is 34.7 Å². The largest absolute Gasteiger partial charge is 0.401 e. The highest BCUT2D eigenvalue weighted by Crippen LogP contribution is 2.28. The van der Waals surface area contributed by atoms with Crippen molar-refractivity contribution in [2.24, 2.45) is 5.73 Å². The highest BCUT2D eigenvalue weighted by atomic mass is 19.4. The third-order valence-corrected chi connectivity index (χ3v) is 2.87. The van der Waals surface area contributed by atoms with Crippen molar-refractivity contribution in [2.45, 2.75) is 45.1 Å². The number of nitrogens with two attached hydrogens (primary N) is 1. The van der Waals surface area contributed by atoms with E-state index in [4.69, 9.17) is 5.73 Å². The Bertz CT molecular complexity index is 376. The summed E-state index contributed by atoms with van der Waals surface area (Å²) in [5.74, 6) is 0. The Hall–Kier alpha value is -1.14. The van der Waals surface area contributed by atoms with Gasteiger partial charge in [-0.25, -0.2) is 0 Å². The van der Waals surface area contributed by atoms with Crippen LogP contribution in [0.15, 0.2) is 24.4 Å². The Morgan fingerprint density at radius 2 is 1.89 bits per heavy atom. The molecule has 0 aromatic carbocycles. The Morgan fingerprint density at radius 1 is 1.26 bits per heavy atom. The lowest BCUT2D eigenvalue weighted by Crippen LogP contribution is -2.47. The molecule has 1 aromatic rings. The molecule has 1 aromatic heterocycles. The number of nitrogens with zero attached hydrogens (tertiary/aromatic N) is 2. The van der Waals surface area contributed by atoms with Gasteiger partial charge in [0.2, 0.25) is 0 Å². The fourth-order valence-corrected chi connectivity index (χ4v) is 2.10.